The first kappa shape index (κ1) is 13.7. The van der Waals surface area contributed by atoms with Gasteiger partial charge in [0.2, 0.25) is 0 Å². The Hall–Kier alpha value is -1.22. The van der Waals surface area contributed by atoms with Crippen molar-refractivity contribution in [2.24, 2.45) is 11.8 Å². The van der Waals surface area contributed by atoms with Crippen LogP contribution in [-0.4, -0.2) is 19.3 Å². The molecule has 20 heavy (non-hydrogen) atoms. The van der Waals surface area contributed by atoms with Gasteiger partial charge in [0, 0.05) is 6.07 Å². The maximum atomic E-state index is 11.1. The maximum absolute atomic E-state index is 11.1. The average molecular weight is 276 g/mol. The maximum Gasteiger partial charge on any atom is 0.122 e. The van der Waals surface area contributed by atoms with Gasteiger partial charge in [-0.3, -0.25) is 0 Å². The highest BCUT2D eigenvalue weighted by Gasteiger charge is 2.42. The molecule has 2 saturated carbocycles. The van der Waals surface area contributed by atoms with Gasteiger partial charge < -0.3 is 14.6 Å². The lowest BCUT2D eigenvalue weighted by Gasteiger charge is -2.37. The van der Waals surface area contributed by atoms with Gasteiger partial charge in [-0.1, -0.05) is 0 Å². The number of hydrogen-bond acceptors (Lipinski definition) is 3. The highest BCUT2D eigenvalue weighted by molar-refractivity contribution is 5.41. The van der Waals surface area contributed by atoms with Crippen molar-refractivity contribution in [3.05, 3.63) is 23.8 Å². The number of methoxy groups -OCH3 is 2. The fourth-order valence-corrected chi connectivity index (χ4v) is 3.60. The summed E-state index contributed by atoms with van der Waals surface area (Å²) in [6, 6.07) is 5.77. The SMILES string of the molecule is COc1cc(OC)cc(C2(O)CCCC(C3CC3)C2)c1. The summed E-state index contributed by atoms with van der Waals surface area (Å²) in [6.07, 6.45) is 6.80. The zero-order valence-electron chi connectivity index (χ0n) is 12.4. The van der Waals surface area contributed by atoms with Gasteiger partial charge in [0.1, 0.15) is 11.5 Å². The van der Waals surface area contributed by atoms with Crippen LogP contribution in [0.2, 0.25) is 0 Å². The summed E-state index contributed by atoms with van der Waals surface area (Å²) in [6.45, 7) is 0. The number of ether oxygens (including phenoxy) is 2. The van der Waals surface area contributed by atoms with E-state index in [9.17, 15) is 5.11 Å². The lowest BCUT2D eigenvalue weighted by atomic mass is 9.73. The van der Waals surface area contributed by atoms with E-state index in [0.29, 0.717) is 5.92 Å². The van der Waals surface area contributed by atoms with Crippen molar-refractivity contribution in [2.45, 2.75) is 44.1 Å². The van der Waals surface area contributed by atoms with E-state index in [1.165, 1.54) is 19.3 Å². The summed E-state index contributed by atoms with van der Waals surface area (Å²) in [4.78, 5) is 0. The van der Waals surface area contributed by atoms with E-state index in [1.54, 1.807) is 14.2 Å². The Morgan fingerprint density at radius 2 is 1.65 bits per heavy atom. The normalized spacial score (nSPS) is 30.1. The molecule has 2 unspecified atom stereocenters. The molecule has 1 aromatic carbocycles. The second-order valence-electron chi connectivity index (χ2n) is 6.33. The summed E-state index contributed by atoms with van der Waals surface area (Å²) >= 11 is 0. The summed E-state index contributed by atoms with van der Waals surface area (Å²) in [7, 11) is 3.30. The predicted molar refractivity (Wildman–Crippen MR) is 78.1 cm³/mol. The first-order valence-electron chi connectivity index (χ1n) is 7.60. The van der Waals surface area contributed by atoms with E-state index >= 15 is 0 Å². The number of hydrogen-bond donors (Lipinski definition) is 1. The van der Waals surface area contributed by atoms with Crippen LogP contribution in [0.3, 0.4) is 0 Å². The Labute approximate surface area is 120 Å². The van der Waals surface area contributed by atoms with E-state index < -0.39 is 5.60 Å². The minimum absolute atomic E-state index is 0.686. The van der Waals surface area contributed by atoms with E-state index in [-0.39, 0.29) is 0 Å². The topological polar surface area (TPSA) is 38.7 Å². The molecule has 1 N–H and O–H groups in total. The van der Waals surface area contributed by atoms with Gasteiger partial charge in [0.05, 0.1) is 19.8 Å². The third-order valence-electron chi connectivity index (χ3n) is 4.94. The van der Waals surface area contributed by atoms with Crippen molar-refractivity contribution in [3.63, 3.8) is 0 Å². The fourth-order valence-electron chi connectivity index (χ4n) is 3.60. The van der Waals surface area contributed by atoms with E-state index in [2.05, 4.69) is 0 Å². The van der Waals surface area contributed by atoms with Crippen LogP contribution in [0.25, 0.3) is 0 Å². The van der Waals surface area contributed by atoms with E-state index in [0.717, 1.165) is 42.2 Å². The number of rotatable bonds is 4. The van der Waals surface area contributed by atoms with E-state index in [4.69, 9.17) is 9.47 Å². The van der Waals surface area contributed by atoms with Crippen molar-refractivity contribution in [2.75, 3.05) is 14.2 Å². The minimum Gasteiger partial charge on any atom is -0.497 e. The Morgan fingerprint density at radius 3 is 2.20 bits per heavy atom. The zero-order valence-corrected chi connectivity index (χ0v) is 12.4. The molecule has 0 aromatic heterocycles. The summed E-state index contributed by atoms with van der Waals surface area (Å²) in [5.41, 5.74) is 0.229. The van der Waals surface area contributed by atoms with Gasteiger partial charge in [-0.05, 0) is 68.1 Å². The third-order valence-corrected chi connectivity index (χ3v) is 4.94. The van der Waals surface area contributed by atoms with Crippen LogP contribution in [0.5, 0.6) is 11.5 Å². The monoisotopic (exact) mass is 276 g/mol. The first-order chi connectivity index (χ1) is 9.64. The summed E-state index contributed by atoms with van der Waals surface area (Å²) in [5, 5.41) is 11.1. The number of aliphatic hydroxyl groups is 1. The summed E-state index contributed by atoms with van der Waals surface area (Å²) in [5.74, 6) is 3.04. The van der Waals surface area contributed by atoms with Gasteiger partial charge in [-0.15, -0.1) is 0 Å². The molecule has 2 aliphatic rings. The largest absolute Gasteiger partial charge is 0.497 e. The molecule has 0 bridgehead atoms. The molecule has 0 radical (unpaired) electrons. The van der Waals surface area contributed by atoms with Gasteiger partial charge in [0.25, 0.3) is 0 Å². The smallest absolute Gasteiger partial charge is 0.122 e. The predicted octanol–water partition coefficient (Wildman–Crippen LogP) is 3.49. The van der Waals surface area contributed by atoms with Crippen LogP contribution in [0, 0.1) is 11.8 Å². The molecular formula is C17H24O3. The van der Waals surface area contributed by atoms with Gasteiger partial charge in [0.15, 0.2) is 0 Å². The molecule has 0 saturated heterocycles. The molecule has 0 heterocycles. The third kappa shape index (κ3) is 2.64. The average Bonchev–Trinajstić information content (AvgIpc) is 3.31. The molecule has 2 aliphatic carbocycles. The lowest BCUT2D eigenvalue weighted by molar-refractivity contribution is -0.0254. The Kier molecular flexibility index (Phi) is 3.63. The molecule has 0 spiro atoms. The van der Waals surface area contributed by atoms with Crippen molar-refractivity contribution >= 4 is 0 Å². The molecule has 0 amide bonds. The molecule has 3 nitrogen and oxygen atoms in total. The minimum atomic E-state index is -0.715. The second-order valence-corrected chi connectivity index (χ2v) is 6.33. The Morgan fingerprint density at radius 1 is 1.00 bits per heavy atom. The van der Waals surface area contributed by atoms with Gasteiger partial charge >= 0.3 is 0 Å². The molecule has 3 heteroatoms. The molecule has 2 fully saturated rings. The van der Waals surface area contributed by atoms with Crippen molar-refractivity contribution in [1.29, 1.82) is 0 Å². The Balaban J connectivity index is 1.89. The second kappa shape index (κ2) is 5.28. The molecular weight excluding hydrogens is 252 g/mol. The highest BCUT2D eigenvalue weighted by Crippen LogP contribution is 2.50. The Bertz CT molecular complexity index is 459. The van der Waals surface area contributed by atoms with Crippen LogP contribution in [0.4, 0.5) is 0 Å². The van der Waals surface area contributed by atoms with Gasteiger partial charge in [-0.25, -0.2) is 0 Å². The van der Waals surface area contributed by atoms with Crippen LogP contribution >= 0.6 is 0 Å². The fraction of sp³-hybridized carbons (Fsp3) is 0.647. The summed E-state index contributed by atoms with van der Waals surface area (Å²) < 4.78 is 10.7. The van der Waals surface area contributed by atoms with Crippen LogP contribution < -0.4 is 9.47 Å². The van der Waals surface area contributed by atoms with Crippen molar-refractivity contribution in [3.8, 4) is 11.5 Å². The van der Waals surface area contributed by atoms with Crippen LogP contribution in [0.1, 0.15) is 44.1 Å². The zero-order chi connectivity index (χ0) is 14.2. The van der Waals surface area contributed by atoms with Crippen LogP contribution in [0.15, 0.2) is 18.2 Å². The van der Waals surface area contributed by atoms with Gasteiger partial charge in [-0.2, -0.15) is 0 Å². The van der Waals surface area contributed by atoms with E-state index in [1.807, 2.05) is 18.2 Å². The standard InChI is InChI=1S/C17H24O3/c1-19-15-8-14(9-16(10-15)20-2)17(18)7-3-4-13(11-17)12-5-6-12/h8-10,12-13,18H,3-7,11H2,1-2H3. The molecule has 0 aliphatic heterocycles. The highest BCUT2D eigenvalue weighted by atomic mass is 16.5. The number of benzene rings is 1. The first-order valence-corrected chi connectivity index (χ1v) is 7.60. The lowest BCUT2D eigenvalue weighted by Crippen LogP contribution is -2.33. The van der Waals surface area contributed by atoms with Crippen molar-refractivity contribution in [1.82, 2.24) is 0 Å². The molecule has 1 aromatic rings. The quantitative estimate of drug-likeness (QED) is 0.915. The molecule has 110 valence electrons. The molecule has 3 rings (SSSR count). The van der Waals surface area contributed by atoms with Crippen molar-refractivity contribution < 1.29 is 14.6 Å². The van der Waals surface area contributed by atoms with Crippen LogP contribution in [-0.2, 0) is 5.60 Å². The molecule has 2 atom stereocenters.